The van der Waals surface area contributed by atoms with Gasteiger partial charge in [0.25, 0.3) is 0 Å². The molecular weight excluding hydrogens is 270 g/mol. The summed E-state index contributed by atoms with van der Waals surface area (Å²) >= 11 is 1.33. The van der Waals surface area contributed by atoms with Crippen LogP contribution in [0, 0.1) is 11.3 Å². The van der Waals surface area contributed by atoms with Crippen LogP contribution in [0.25, 0.3) is 0 Å². The molecule has 0 aliphatic rings. The Bertz CT molecular complexity index is 614. The molecule has 5 heteroatoms. The number of anilines is 2. The van der Waals surface area contributed by atoms with Gasteiger partial charge in [-0.2, -0.15) is 5.26 Å². The van der Waals surface area contributed by atoms with E-state index in [1.165, 1.54) is 11.3 Å². The molecule has 2 rings (SSSR count). The molecule has 0 atom stereocenters. The van der Waals surface area contributed by atoms with Gasteiger partial charge >= 0.3 is 0 Å². The van der Waals surface area contributed by atoms with Crippen molar-refractivity contribution in [3.05, 3.63) is 40.8 Å². The molecule has 0 radical (unpaired) electrons. The minimum Gasteiger partial charge on any atom is -0.486 e. The minimum atomic E-state index is 0.00992. The third kappa shape index (κ3) is 3.22. The molecule has 0 bridgehead atoms. The van der Waals surface area contributed by atoms with Gasteiger partial charge in [0.1, 0.15) is 21.6 Å². The van der Waals surface area contributed by atoms with E-state index in [0.717, 1.165) is 10.6 Å². The monoisotopic (exact) mass is 287 g/mol. The summed E-state index contributed by atoms with van der Waals surface area (Å²) in [5, 5.41) is 13.2. The number of nitriles is 1. The van der Waals surface area contributed by atoms with Gasteiger partial charge in [-0.15, -0.1) is 11.3 Å². The predicted molar refractivity (Wildman–Crippen MR) is 83.0 cm³/mol. The molecule has 0 amide bonds. The van der Waals surface area contributed by atoms with Crippen molar-refractivity contribution in [3.8, 4) is 11.8 Å². The molecule has 0 saturated heterocycles. The van der Waals surface area contributed by atoms with Gasteiger partial charge in [-0.05, 0) is 19.4 Å². The number of nitrogens with two attached hydrogens (primary N) is 1. The van der Waals surface area contributed by atoms with Gasteiger partial charge in [-0.25, -0.2) is 0 Å². The highest BCUT2D eigenvalue weighted by atomic mass is 32.1. The van der Waals surface area contributed by atoms with E-state index in [0.29, 0.717) is 22.9 Å². The van der Waals surface area contributed by atoms with Crippen LogP contribution in [-0.2, 0) is 6.54 Å². The summed E-state index contributed by atoms with van der Waals surface area (Å²) in [6.45, 7) is 4.54. The second-order valence-corrected chi connectivity index (χ2v) is 5.64. The number of hydrogen-bond acceptors (Lipinski definition) is 5. The summed E-state index contributed by atoms with van der Waals surface area (Å²) in [6.07, 6.45) is 0.00992. The smallest absolute Gasteiger partial charge is 0.178 e. The second kappa shape index (κ2) is 6.31. The third-order valence-corrected chi connectivity index (χ3v) is 3.70. The van der Waals surface area contributed by atoms with Crippen LogP contribution in [0.15, 0.2) is 30.3 Å². The van der Waals surface area contributed by atoms with E-state index in [1.807, 2.05) is 44.2 Å². The van der Waals surface area contributed by atoms with E-state index in [-0.39, 0.29) is 6.10 Å². The van der Waals surface area contributed by atoms with Crippen molar-refractivity contribution in [1.82, 2.24) is 0 Å². The van der Waals surface area contributed by atoms with Crippen LogP contribution >= 0.6 is 11.3 Å². The molecular formula is C15H17N3OS. The quantitative estimate of drug-likeness (QED) is 0.881. The number of nitrogens with zero attached hydrogens (tertiary/aromatic N) is 1. The normalized spacial score (nSPS) is 10.3. The lowest BCUT2D eigenvalue weighted by atomic mass is 10.2. The zero-order valence-corrected chi connectivity index (χ0v) is 12.3. The van der Waals surface area contributed by atoms with Gasteiger partial charge in [0.15, 0.2) is 5.75 Å². The van der Waals surface area contributed by atoms with Crippen LogP contribution < -0.4 is 15.8 Å². The Morgan fingerprint density at radius 1 is 1.35 bits per heavy atom. The molecule has 104 valence electrons. The first-order valence-electron chi connectivity index (χ1n) is 6.38. The maximum Gasteiger partial charge on any atom is 0.178 e. The van der Waals surface area contributed by atoms with E-state index in [1.54, 1.807) is 0 Å². The molecule has 2 aromatic rings. The zero-order chi connectivity index (χ0) is 14.5. The van der Waals surface area contributed by atoms with Crippen LogP contribution in [0.4, 0.5) is 10.7 Å². The van der Waals surface area contributed by atoms with E-state index in [2.05, 4.69) is 11.4 Å². The Morgan fingerprint density at radius 2 is 2.05 bits per heavy atom. The maximum absolute atomic E-state index is 9.07. The van der Waals surface area contributed by atoms with Gasteiger partial charge in [0.2, 0.25) is 0 Å². The molecule has 0 aliphatic carbocycles. The topological polar surface area (TPSA) is 71.1 Å². The summed E-state index contributed by atoms with van der Waals surface area (Å²) in [5.41, 5.74) is 7.53. The predicted octanol–water partition coefficient (Wildman–Crippen LogP) is 3.60. The summed E-state index contributed by atoms with van der Waals surface area (Å²) in [4.78, 5) is 0.483. The SMILES string of the molecule is CC(C)Oc1c(NCc2ccccc2)sc(C#N)c1N. The van der Waals surface area contributed by atoms with Crippen LogP contribution in [0.1, 0.15) is 24.3 Å². The van der Waals surface area contributed by atoms with E-state index < -0.39 is 0 Å². The van der Waals surface area contributed by atoms with Crippen molar-refractivity contribution in [2.24, 2.45) is 0 Å². The maximum atomic E-state index is 9.07. The molecule has 20 heavy (non-hydrogen) atoms. The fourth-order valence-corrected chi connectivity index (χ4v) is 2.61. The highest BCUT2D eigenvalue weighted by molar-refractivity contribution is 7.17. The average Bonchev–Trinajstić information content (AvgIpc) is 2.74. The van der Waals surface area contributed by atoms with Crippen LogP contribution in [-0.4, -0.2) is 6.10 Å². The van der Waals surface area contributed by atoms with Crippen molar-refractivity contribution in [1.29, 1.82) is 5.26 Å². The molecule has 4 nitrogen and oxygen atoms in total. The highest BCUT2D eigenvalue weighted by Gasteiger charge is 2.18. The fourth-order valence-electron chi connectivity index (χ4n) is 1.76. The molecule has 0 aliphatic heterocycles. The van der Waals surface area contributed by atoms with Gasteiger partial charge in [0, 0.05) is 6.54 Å². The molecule has 0 spiro atoms. The largest absolute Gasteiger partial charge is 0.486 e. The molecule has 1 aromatic carbocycles. The summed E-state index contributed by atoms with van der Waals surface area (Å²) in [6, 6.07) is 12.1. The highest BCUT2D eigenvalue weighted by Crippen LogP contribution is 2.42. The lowest BCUT2D eigenvalue weighted by Crippen LogP contribution is -2.08. The summed E-state index contributed by atoms with van der Waals surface area (Å²) in [5.74, 6) is 0.581. The van der Waals surface area contributed by atoms with Crippen molar-refractivity contribution in [2.75, 3.05) is 11.1 Å². The van der Waals surface area contributed by atoms with Gasteiger partial charge in [0.05, 0.1) is 6.10 Å². The van der Waals surface area contributed by atoms with Gasteiger partial charge < -0.3 is 15.8 Å². The van der Waals surface area contributed by atoms with Gasteiger partial charge in [-0.1, -0.05) is 30.3 Å². The minimum absolute atomic E-state index is 0.00992. The average molecular weight is 287 g/mol. The number of hydrogen-bond donors (Lipinski definition) is 2. The number of benzene rings is 1. The molecule has 1 heterocycles. The number of thiophene rings is 1. The first kappa shape index (κ1) is 14.2. The number of nitrogens with one attached hydrogen (secondary N) is 1. The molecule has 3 N–H and O–H groups in total. The molecule has 0 saturated carbocycles. The van der Waals surface area contributed by atoms with Crippen molar-refractivity contribution < 1.29 is 4.74 Å². The lowest BCUT2D eigenvalue weighted by molar-refractivity contribution is 0.246. The lowest BCUT2D eigenvalue weighted by Gasteiger charge is -2.12. The van der Waals surface area contributed by atoms with Crippen molar-refractivity contribution >= 4 is 22.0 Å². The second-order valence-electron chi connectivity index (χ2n) is 4.62. The first-order valence-corrected chi connectivity index (χ1v) is 7.20. The van der Waals surface area contributed by atoms with E-state index in [9.17, 15) is 0 Å². The van der Waals surface area contributed by atoms with E-state index >= 15 is 0 Å². The fraction of sp³-hybridized carbons (Fsp3) is 0.267. The van der Waals surface area contributed by atoms with Crippen LogP contribution in [0.2, 0.25) is 0 Å². The summed E-state index contributed by atoms with van der Waals surface area (Å²) in [7, 11) is 0. The number of nitrogen functional groups attached to an aromatic ring is 1. The Hall–Kier alpha value is -2.19. The Kier molecular flexibility index (Phi) is 4.49. The summed E-state index contributed by atoms with van der Waals surface area (Å²) < 4.78 is 5.72. The third-order valence-electron chi connectivity index (χ3n) is 2.65. The Morgan fingerprint density at radius 3 is 2.65 bits per heavy atom. The molecule has 1 aromatic heterocycles. The van der Waals surface area contributed by atoms with E-state index in [4.69, 9.17) is 15.7 Å². The van der Waals surface area contributed by atoms with Crippen molar-refractivity contribution in [3.63, 3.8) is 0 Å². The Labute approximate surface area is 122 Å². The van der Waals surface area contributed by atoms with Crippen LogP contribution in [0.3, 0.4) is 0 Å². The molecule has 0 fully saturated rings. The standard InChI is InChI=1S/C15H17N3OS/c1-10(2)19-14-13(17)12(8-16)20-15(14)18-9-11-6-4-3-5-7-11/h3-7,10,18H,9,17H2,1-2H3. The number of ether oxygens (including phenoxy) is 1. The first-order chi connectivity index (χ1) is 9.61. The van der Waals surface area contributed by atoms with Crippen LogP contribution in [0.5, 0.6) is 5.75 Å². The number of rotatable bonds is 5. The van der Waals surface area contributed by atoms with Gasteiger partial charge in [-0.3, -0.25) is 0 Å². The zero-order valence-electron chi connectivity index (χ0n) is 11.5. The molecule has 0 unspecified atom stereocenters. The van der Waals surface area contributed by atoms with Crippen molar-refractivity contribution in [2.45, 2.75) is 26.5 Å². The Balaban J connectivity index is 2.20.